The van der Waals surface area contributed by atoms with Crippen LogP contribution in [0.5, 0.6) is 17.2 Å². The van der Waals surface area contributed by atoms with Gasteiger partial charge in [0.15, 0.2) is 11.5 Å². The van der Waals surface area contributed by atoms with E-state index in [4.69, 9.17) is 14.2 Å². The molecular formula is C24H21N3O4. The Morgan fingerprint density at radius 3 is 2.90 bits per heavy atom. The summed E-state index contributed by atoms with van der Waals surface area (Å²) in [6.07, 6.45) is 3.88. The van der Waals surface area contributed by atoms with Gasteiger partial charge in [-0.3, -0.25) is 4.79 Å². The van der Waals surface area contributed by atoms with Crippen LogP contribution in [0.2, 0.25) is 0 Å². The molecule has 1 aliphatic heterocycles. The lowest BCUT2D eigenvalue weighted by Gasteiger charge is -2.18. The summed E-state index contributed by atoms with van der Waals surface area (Å²) in [7, 11) is 1.77. The number of benzene rings is 2. The molecule has 2 aromatic heterocycles. The van der Waals surface area contributed by atoms with Gasteiger partial charge in [-0.25, -0.2) is 4.98 Å². The van der Waals surface area contributed by atoms with E-state index in [1.165, 1.54) is 0 Å². The zero-order valence-corrected chi connectivity index (χ0v) is 17.0. The van der Waals surface area contributed by atoms with Gasteiger partial charge in [0.25, 0.3) is 5.91 Å². The number of amides is 1. The summed E-state index contributed by atoms with van der Waals surface area (Å²) < 4.78 is 18.6. The fourth-order valence-corrected chi connectivity index (χ4v) is 3.54. The van der Waals surface area contributed by atoms with E-state index in [-0.39, 0.29) is 12.7 Å². The predicted molar refractivity (Wildman–Crippen MR) is 114 cm³/mol. The van der Waals surface area contributed by atoms with Crippen molar-refractivity contribution in [1.29, 1.82) is 0 Å². The lowest BCUT2D eigenvalue weighted by molar-refractivity contribution is 0.0784. The summed E-state index contributed by atoms with van der Waals surface area (Å²) >= 11 is 0. The van der Waals surface area contributed by atoms with Gasteiger partial charge in [0, 0.05) is 31.5 Å². The van der Waals surface area contributed by atoms with Crippen LogP contribution in [-0.2, 0) is 13.2 Å². The highest BCUT2D eigenvalue weighted by atomic mass is 16.7. The van der Waals surface area contributed by atoms with Crippen molar-refractivity contribution in [3.63, 3.8) is 0 Å². The Kier molecular flexibility index (Phi) is 4.92. The number of carbonyl (C=O) groups is 1. The lowest BCUT2D eigenvalue weighted by atomic mass is 10.1. The molecule has 7 heteroatoms. The summed E-state index contributed by atoms with van der Waals surface area (Å²) in [4.78, 5) is 19.1. The quantitative estimate of drug-likeness (QED) is 0.478. The summed E-state index contributed by atoms with van der Waals surface area (Å²) in [6.45, 7) is 1.02. The second-order valence-electron chi connectivity index (χ2n) is 7.36. The van der Waals surface area contributed by atoms with Crippen LogP contribution in [0, 0.1) is 0 Å². The van der Waals surface area contributed by atoms with E-state index in [1.54, 1.807) is 24.1 Å². The molecule has 0 saturated heterocycles. The molecule has 0 N–H and O–H groups in total. The van der Waals surface area contributed by atoms with E-state index >= 15 is 0 Å². The fourth-order valence-electron chi connectivity index (χ4n) is 3.54. The number of nitrogens with zero attached hydrogens (tertiary/aromatic N) is 3. The molecule has 2 aromatic carbocycles. The van der Waals surface area contributed by atoms with Crippen molar-refractivity contribution < 1.29 is 19.0 Å². The van der Waals surface area contributed by atoms with Gasteiger partial charge in [-0.15, -0.1) is 0 Å². The molecule has 0 fully saturated rings. The Morgan fingerprint density at radius 2 is 2.00 bits per heavy atom. The SMILES string of the molecule is CN(Cc1ccc2c(c1)OCO2)C(=O)c1cccc(OCc2cn3ccccc3n2)c1. The fraction of sp³-hybridized carbons (Fsp3) is 0.167. The van der Waals surface area contributed by atoms with E-state index in [0.717, 1.165) is 22.7 Å². The first-order valence-electron chi connectivity index (χ1n) is 9.95. The largest absolute Gasteiger partial charge is 0.487 e. The first kappa shape index (κ1) is 19.0. The second-order valence-corrected chi connectivity index (χ2v) is 7.36. The Bertz CT molecular complexity index is 1220. The smallest absolute Gasteiger partial charge is 0.254 e. The third-order valence-electron chi connectivity index (χ3n) is 5.09. The molecule has 0 saturated carbocycles. The molecular weight excluding hydrogens is 394 g/mol. The van der Waals surface area contributed by atoms with Gasteiger partial charge in [-0.05, 0) is 48.0 Å². The monoisotopic (exact) mass is 415 g/mol. The molecule has 4 aromatic rings. The third kappa shape index (κ3) is 4.02. The zero-order valence-electron chi connectivity index (χ0n) is 17.0. The number of ether oxygens (including phenoxy) is 3. The first-order valence-corrected chi connectivity index (χ1v) is 9.95. The van der Waals surface area contributed by atoms with Gasteiger partial charge >= 0.3 is 0 Å². The minimum Gasteiger partial charge on any atom is -0.487 e. The van der Waals surface area contributed by atoms with E-state index in [9.17, 15) is 4.79 Å². The highest BCUT2D eigenvalue weighted by Gasteiger charge is 2.17. The van der Waals surface area contributed by atoms with Crippen LogP contribution in [-0.4, -0.2) is 34.0 Å². The molecule has 5 rings (SSSR count). The van der Waals surface area contributed by atoms with Crippen molar-refractivity contribution in [1.82, 2.24) is 14.3 Å². The number of aromatic nitrogens is 2. The molecule has 0 radical (unpaired) electrons. The van der Waals surface area contributed by atoms with E-state index < -0.39 is 0 Å². The maximum Gasteiger partial charge on any atom is 0.254 e. The molecule has 3 heterocycles. The molecule has 7 nitrogen and oxygen atoms in total. The molecule has 1 amide bonds. The number of hydrogen-bond acceptors (Lipinski definition) is 5. The number of carbonyl (C=O) groups excluding carboxylic acids is 1. The third-order valence-corrected chi connectivity index (χ3v) is 5.09. The van der Waals surface area contributed by atoms with Crippen LogP contribution >= 0.6 is 0 Å². The van der Waals surface area contributed by atoms with Crippen molar-refractivity contribution in [3.05, 3.63) is 89.9 Å². The van der Waals surface area contributed by atoms with Crippen LogP contribution in [0.1, 0.15) is 21.6 Å². The number of imidazole rings is 1. The van der Waals surface area contributed by atoms with Crippen molar-refractivity contribution in [2.45, 2.75) is 13.2 Å². The maximum atomic E-state index is 12.9. The average molecular weight is 415 g/mol. The van der Waals surface area contributed by atoms with Gasteiger partial charge < -0.3 is 23.5 Å². The van der Waals surface area contributed by atoms with Gasteiger partial charge in [0.05, 0.1) is 5.69 Å². The first-order chi connectivity index (χ1) is 15.2. The van der Waals surface area contributed by atoms with Crippen molar-refractivity contribution in [2.75, 3.05) is 13.8 Å². The summed E-state index contributed by atoms with van der Waals surface area (Å²) in [5, 5.41) is 0. The van der Waals surface area contributed by atoms with Crippen LogP contribution in [0.4, 0.5) is 0 Å². The van der Waals surface area contributed by atoms with Crippen molar-refractivity contribution in [2.24, 2.45) is 0 Å². The number of rotatable bonds is 6. The van der Waals surface area contributed by atoms with Gasteiger partial charge in [0.1, 0.15) is 18.0 Å². The van der Waals surface area contributed by atoms with E-state index in [1.807, 2.05) is 65.3 Å². The Balaban J connectivity index is 1.24. The van der Waals surface area contributed by atoms with Crippen molar-refractivity contribution >= 4 is 11.6 Å². The van der Waals surface area contributed by atoms with Crippen LogP contribution < -0.4 is 14.2 Å². The Labute approximate surface area is 179 Å². The lowest BCUT2D eigenvalue weighted by Crippen LogP contribution is -2.26. The maximum absolute atomic E-state index is 12.9. The second kappa shape index (κ2) is 8.02. The van der Waals surface area contributed by atoms with Gasteiger partial charge in [0.2, 0.25) is 6.79 Å². The molecule has 0 bridgehead atoms. The van der Waals surface area contributed by atoms with Crippen molar-refractivity contribution in [3.8, 4) is 17.2 Å². The summed E-state index contributed by atoms with van der Waals surface area (Å²) in [5.74, 6) is 1.98. The normalized spacial score (nSPS) is 12.2. The Morgan fingerprint density at radius 1 is 1.10 bits per heavy atom. The zero-order chi connectivity index (χ0) is 21.2. The van der Waals surface area contributed by atoms with E-state index in [0.29, 0.717) is 30.2 Å². The molecule has 0 aliphatic carbocycles. The van der Waals surface area contributed by atoms with E-state index in [2.05, 4.69) is 4.98 Å². The van der Waals surface area contributed by atoms with Gasteiger partial charge in [-0.2, -0.15) is 0 Å². The molecule has 0 atom stereocenters. The molecule has 0 spiro atoms. The minimum atomic E-state index is -0.0872. The summed E-state index contributed by atoms with van der Waals surface area (Å²) in [6, 6.07) is 18.8. The predicted octanol–water partition coefficient (Wildman–Crippen LogP) is 3.91. The highest BCUT2D eigenvalue weighted by molar-refractivity contribution is 5.94. The van der Waals surface area contributed by atoms with Crippen LogP contribution in [0.3, 0.4) is 0 Å². The topological polar surface area (TPSA) is 65.3 Å². The molecule has 0 unspecified atom stereocenters. The Hall–Kier alpha value is -4.00. The number of pyridine rings is 1. The molecule has 156 valence electrons. The standard InChI is InChI=1S/C24H21N3O4/c1-26(13-17-8-9-21-22(11-17)31-16-30-21)24(28)18-5-4-6-20(12-18)29-15-19-14-27-10-3-2-7-23(27)25-19/h2-12,14H,13,15-16H2,1H3. The summed E-state index contributed by atoms with van der Waals surface area (Å²) in [5.41, 5.74) is 3.23. The van der Waals surface area contributed by atoms with Gasteiger partial charge in [-0.1, -0.05) is 18.2 Å². The average Bonchev–Trinajstić information content (AvgIpc) is 3.43. The highest BCUT2D eigenvalue weighted by Crippen LogP contribution is 2.32. The molecule has 31 heavy (non-hydrogen) atoms. The van der Waals surface area contributed by atoms with Crippen LogP contribution in [0.15, 0.2) is 73.1 Å². The van der Waals surface area contributed by atoms with Crippen LogP contribution in [0.25, 0.3) is 5.65 Å². The minimum absolute atomic E-state index is 0.0872. The number of hydrogen-bond donors (Lipinski definition) is 0. The number of fused-ring (bicyclic) bond motifs is 2. The molecule has 1 aliphatic rings.